The largest absolute Gasteiger partial charge is 0.318 e. The van der Waals surface area contributed by atoms with E-state index in [0.29, 0.717) is 12.0 Å². The van der Waals surface area contributed by atoms with Crippen LogP contribution in [0.5, 0.6) is 0 Å². The molecule has 2 aromatic heterocycles. The van der Waals surface area contributed by atoms with E-state index in [1.165, 1.54) is 12.3 Å². The zero-order valence-electron chi connectivity index (χ0n) is 17.7. The van der Waals surface area contributed by atoms with E-state index in [0.717, 1.165) is 16.7 Å². The third-order valence-corrected chi connectivity index (χ3v) is 5.84. The van der Waals surface area contributed by atoms with Crippen LogP contribution >= 0.6 is 0 Å². The van der Waals surface area contributed by atoms with Crippen LogP contribution < -0.4 is 0 Å². The van der Waals surface area contributed by atoms with Gasteiger partial charge in [-0.15, -0.1) is 0 Å². The van der Waals surface area contributed by atoms with E-state index < -0.39 is 11.4 Å². The first kappa shape index (κ1) is 20.5. The molecular weight excluding hydrogens is 413 g/mol. The number of benzene rings is 3. The Morgan fingerprint density at radius 3 is 1.73 bits per heavy atom. The zero-order valence-corrected chi connectivity index (χ0v) is 17.7. The summed E-state index contributed by atoms with van der Waals surface area (Å²) in [5.41, 5.74) is 2.75. The number of hydrogen-bond acceptors (Lipinski definition) is 3. The molecule has 5 aromatic rings. The fraction of sp³-hybridized carbons (Fsp3) is 0.0357. The van der Waals surface area contributed by atoms with Crippen molar-refractivity contribution in [3.05, 3.63) is 144 Å². The average Bonchev–Trinajstić information content (AvgIpc) is 3.36. The number of pyridine rings is 1. The van der Waals surface area contributed by atoms with E-state index in [1.54, 1.807) is 12.5 Å². The molecule has 0 aliphatic heterocycles. The highest BCUT2D eigenvalue weighted by Gasteiger charge is 2.38. The molecule has 0 atom stereocenters. The summed E-state index contributed by atoms with van der Waals surface area (Å²) in [7, 11) is 0. The van der Waals surface area contributed by atoms with Crippen LogP contribution in [-0.4, -0.2) is 20.8 Å². The maximum atomic E-state index is 14.7. The quantitative estimate of drug-likeness (QED) is 0.254. The van der Waals surface area contributed by atoms with E-state index >= 15 is 0 Å². The van der Waals surface area contributed by atoms with E-state index in [1.807, 2.05) is 59.2 Å². The van der Waals surface area contributed by atoms with E-state index in [2.05, 4.69) is 46.4 Å². The molecular formula is C28H20FN3O. The Kier molecular flexibility index (Phi) is 5.37. The number of aromatic nitrogens is 3. The molecule has 0 saturated carbocycles. The Morgan fingerprint density at radius 1 is 0.727 bits per heavy atom. The SMILES string of the molecule is O=Cc1nccc(F)c1-c1cn(C(c2ccccc2)(c2ccccc2)c2ccccc2)cn1. The topological polar surface area (TPSA) is 47.8 Å². The standard InChI is InChI=1S/C28H20FN3O/c29-24-16-17-30-26(19-33)27(24)25-18-32(20-31-25)28(21-10-4-1-5-11-21,22-12-6-2-7-13-22)23-14-8-3-9-15-23/h1-20H. The van der Waals surface area contributed by atoms with Crippen molar-refractivity contribution in [2.45, 2.75) is 5.54 Å². The fourth-order valence-electron chi connectivity index (χ4n) is 4.42. The predicted octanol–water partition coefficient (Wildman–Crippen LogP) is 5.74. The number of carbonyl (C=O) groups is 1. The summed E-state index contributed by atoms with van der Waals surface area (Å²) in [5, 5.41) is 0. The van der Waals surface area contributed by atoms with Gasteiger partial charge in [0.05, 0.1) is 17.6 Å². The van der Waals surface area contributed by atoms with Gasteiger partial charge in [-0.25, -0.2) is 9.37 Å². The van der Waals surface area contributed by atoms with Gasteiger partial charge in [-0.2, -0.15) is 0 Å². The van der Waals surface area contributed by atoms with Gasteiger partial charge in [-0.1, -0.05) is 91.0 Å². The number of hydrogen-bond donors (Lipinski definition) is 0. The van der Waals surface area contributed by atoms with Gasteiger partial charge < -0.3 is 4.57 Å². The molecule has 0 aliphatic carbocycles. The van der Waals surface area contributed by atoms with Crippen molar-refractivity contribution < 1.29 is 9.18 Å². The molecule has 5 rings (SSSR count). The molecule has 0 unspecified atom stereocenters. The van der Waals surface area contributed by atoms with Crippen LogP contribution in [0.1, 0.15) is 27.2 Å². The number of halogens is 1. The number of carbonyl (C=O) groups excluding carboxylic acids is 1. The first-order valence-corrected chi connectivity index (χ1v) is 10.6. The van der Waals surface area contributed by atoms with E-state index in [9.17, 15) is 9.18 Å². The Hall–Kier alpha value is -4.38. The highest BCUT2D eigenvalue weighted by molar-refractivity contribution is 5.84. The van der Waals surface area contributed by atoms with Gasteiger partial charge in [0.2, 0.25) is 0 Å². The van der Waals surface area contributed by atoms with Gasteiger partial charge in [0.25, 0.3) is 0 Å². The maximum absolute atomic E-state index is 14.7. The predicted molar refractivity (Wildman–Crippen MR) is 125 cm³/mol. The summed E-state index contributed by atoms with van der Waals surface area (Å²) in [6.45, 7) is 0. The lowest BCUT2D eigenvalue weighted by Crippen LogP contribution is -2.36. The van der Waals surface area contributed by atoms with Crippen LogP contribution in [0, 0.1) is 5.82 Å². The summed E-state index contributed by atoms with van der Waals surface area (Å²) >= 11 is 0. The molecule has 33 heavy (non-hydrogen) atoms. The molecule has 0 amide bonds. The summed E-state index contributed by atoms with van der Waals surface area (Å²) in [4.78, 5) is 20.1. The highest BCUT2D eigenvalue weighted by Crippen LogP contribution is 2.41. The Labute approximate surface area is 191 Å². The second kappa shape index (κ2) is 8.63. The number of imidazole rings is 1. The summed E-state index contributed by atoms with van der Waals surface area (Å²) < 4.78 is 16.7. The summed E-state index contributed by atoms with van der Waals surface area (Å²) in [6, 6.07) is 31.6. The second-order valence-corrected chi connectivity index (χ2v) is 7.65. The van der Waals surface area contributed by atoms with Gasteiger partial charge in [0.1, 0.15) is 17.1 Å². The zero-order chi connectivity index (χ0) is 22.7. The molecule has 4 nitrogen and oxygen atoms in total. The third kappa shape index (κ3) is 3.44. The smallest absolute Gasteiger partial charge is 0.169 e. The number of nitrogens with zero attached hydrogens (tertiary/aromatic N) is 3. The minimum atomic E-state index is -0.769. The van der Waals surface area contributed by atoms with Gasteiger partial charge in [-0.3, -0.25) is 9.78 Å². The minimum absolute atomic E-state index is 0.0185. The molecule has 3 aromatic carbocycles. The van der Waals surface area contributed by atoms with Gasteiger partial charge in [-0.05, 0) is 22.8 Å². The Balaban J connectivity index is 1.83. The molecule has 5 heteroatoms. The fourth-order valence-corrected chi connectivity index (χ4v) is 4.42. The number of rotatable bonds is 6. The van der Waals surface area contributed by atoms with Crippen LogP contribution in [0.4, 0.5) is 4.39 Å². The van der Waals surface area contributed by atoms with E-state index in [-0.39, 0.29) is 11.3 Å². The Bertz CT molecular complexity index is 1290. The second-order valence-electron chi connectivity index (χ2n) is 7.65. The molecule has 2 heterocycles. The molecule has 0 saturated heterocycles. The highest BCUT2D eigenvalue weighted by atomic mass is 19.1. The van der Waals surface area contributed by atoms with Crippen LogP contribution in [0.3, 0.4) is 0 Å². The Morgan fingerprint density at radius 2 is 1.24 bits per heavy atom. The third-order valence-electron chi connectivity index (χ3n) is 5.84. The van der Waals surface area contributed by atoms with Crippen molar-refractivity contribution in [2.24, 2.45) is 0 Å². The first-order chi connectivity index (χ1) is 16.2. The van der Waals surface area contributed by atoms with Crippen molar-refractivity contribution in [1.82, 2.24) is 14.5 Å². The van der Waals surface area contributed by atoms with Crippen molar-refractivity contribution in [1.29, 1.82) is 0 Å². The molecule has 0 N–H and O–H groups in total. The molecule has 0 spiro atoms. The molecule has 0 aliphatic rings. The number of aldehydes is 1. The van der Waals surface area contributed by atoms with Crippen LogP contribution in [-0.2, 0) is 5.54 Å². The summed E-state index contributed by atoms with van der Waals surface area (Å²) in [5.74, 6) is -0.540. The van der Waals surface area contributed by atoms with Crippen molar-refractivity contribution >= 4 is 6.29 Å². The molecule has 0 bridgehead atoms. The lowest BCUT2D eigenvalue weighted by atomic mass is 9.77. The molecule has 0 fully saturated rings. The van der Waals surface area contributed by atoms with Crippen LogP contribution in [0.15, 0.2) is 116 Å². The molecule has 160 valence electrons. The van der Waals surface area contributed by atoms with Crippen LogP contribution in [0.25, 0.3) is 11.3 Å². The van der Waals surface area contributed by atoms with Gasteiger partial charge in [0.15, 0.2) is 6.29 Å². The maximum Gasteiger partial charge on any atom is 0.169 e. The van der Waals surface area contributed by atoms with E-state index in [4.69, 9.17) is 0 Å². The van der Waals surface area contributed by atoms with Crippen LogP contribution in [0.2, 0.25) is 0 Å². The lowest BCUT2D eigenvalue weighted by molar-refractivity contribution is 0.111. The average molecular weight is 433 g/mol. The summed E-state index contributed by atoms with van der Waals surface area (Å²) in [6.07, 6.45) is 5.29. The van der Waals surface area contributed by atoms with Crippen molar-refractivity contribution in [3.63, 3.8) is 0 Å². The van der Waals surface area contributed by atoms with Gasteiger partial charge in [0, 0.05) is 12.4 Å². The monoisotopic (exact) mass is 433 g/mol. The lowest BCUT2D eigenvalue weighted by Gasteiger charge is -2.37. The normalized spacial score (nSPS) is 11.3. The van der Waals surface area contributed by atoms with Crippen molar-refractivity contribution in [3.8, 4) is 11.3 Å². The minimum Gasteiger partial charge on any atom is -0.318 e. The van der Waals surface area contributed by atoms with Crippen molar-refractivity contribution in [2.75, 3.05) is 0 Å². The molecule has 0 radical (unpaired) electrons. The first-order valence-electron chi connectivity index (χ1n) is 10.6. The van der Waals surface area contributed by atoms with Gasteiger partial charge >= 0.3 is 0 Å².